The van der Waals surface area contributed by atoms with E-state index in [1.807, 2.05) is 37.3 Å². The Labute approximate surface area is 111 Å². The van der Waals surface area contributed by atoms with E-state index in [2.05, 4.69) is 10.3 Å². The SMILES string of the molecule is CCN(CCO)C(=O)Nc1cccc2cccnc12. The number of hydrogen-bond acceptors (Lipinski definition) is 3. The third kappa shape index (κ3) is 3.00. The van der Waals surface area contributed by atoms with Crippen LogP contribution in [0.1, 0.15) is 6.92 Å². The van der Waals surface area contributed by atoms with Crippen LogP contribution in [0, 0.1) is 0 Å². The van der Waals surface area contributed by atoms with E-state index in [4.69, 9.17) is 5.11 Å². The molecule has 100 valence electrons. The Morgan fingerprint density at radius 1 is 1.37 bits per heavy atom. The first-order valence-electron chi connectivity index (χ1n) is 6.26. The molecule has 2 aromatic rings. The van der Waals surface area contributed by atoms with Crippen LogP contribution in [0.25, 0.3) is 10.9 Å². The number of nitrogens with one attached hydrogen (secondary N) is 1. The number of benzene rings is 1. The van der Waals surface area contributed by atoms with E-state index < -0.39 is 0 Å². The summed E-state index contributed by atoms with van der Waals surface area (Å²) in [5.41, 5.74) is 1.44. The van der Waals surface area contributed by atoms with Crippen LogP contribution in [0.5, 0.6) is 0 Å². The van der Waals surface area contributed by atoms with Crippen LogP contribution in [0.15, 0.2) is 36.5 Å². The number of pyridine rings is 1. The van der Waals surface area contributed by atoms with Gasteiger partial charge in [0.1, 0.15) is 0 Å². The van der Waals surface area contributed by atoms with E-state index in [1.165, 1.54) is 0 Å². The van der Waals surface area contributed by atoms with Crippen molar-refractivity contribution in [2.24, 2.45) is 0 Å². The number of anilines is 1. The second-order valence-electron chi connectivity index (χ2n) is 4.11. The summed E-state index contributed by atoms with van der Waals surface area (Å²) in [5, 5.41) is 12.7. The van der Waals surface area contributed by atoms with E-state index >= 15 is 0 Å². The minimum atomic E-state index is -0.227. The lowest BCUT2D eigenvalue weighted by atomic mass is 10.2. The highest BCUT2D eigenvalue weighted by Crippen LogP contribution is 2.20. The fourth-order valence-corrected chi connectivity index (χ4v) is 1.92. The van der Waals surface area contributed by atoms with Gasteiger partial charge < -0.3 is 15.3 Å². The maximum Gasteiger partial charge on any atom is 0.321 e. The van der Waals surface area contributed by atoms with E-state index in [0.29, 0.717) is 18.8 Å². The highest BCUT2D eigenvalue weighted by Gasteiger charge is 2.12. The van der Waals surface area contributed by atoms with E-state index in [0.717, 1.165) is 10.9 Å². The molecule has 5 nitrogen and oxygen atoms in total. The number of carbonyl (C=O) groups is 1. The Balaban J connectivity index is 2.23. The minimum absolute atomic E-state index is 0.0466. The lowest BCUT2D eigenvalue weighted by molar-refractivity contribution is 0.192. The van der Waals surface area contributed by atoms with Gasteiger partial charge in [0.05, 0.1) is 17.8 Å². The number of amides is 2. The fourth-order valence-electron chi connectivity index (χ4n) is 1.92. The van der Waals surface area contributed by atoms with Crippen LogP contribution in [-0.4, -0.2) is 40.7 Å². The number of carbonyl (C=O) groups excluding carboxylic acids is 1. The van der Waals surface area contributed by atoms with Gasteiger partial charge in [-0.05, 0) is 19.1 Å². The van der Waals surface area contributed by atoms with Gasteiger partial charge in [0.25, 0.3) is 0 Å². The lowest BCUT2D eigenvalue weighted by Crippen LogP contribution is -2.36. The molecule has 0 saturated carbocycles. The standard InChI is InChI=1S/C14H17N3O2/c1-2-17(9-10-18)14(19)16-12-7-3-5-11-6-4-8-15-13(11)12/h3-8,18H,2,9-10H2,1H3,(H,16,19). The number of aromatic nitrogens is 1. The van der Waals surface area contributed by atoms with Gasteiger partial charge in [0.15, 0.2) is 0 Å². The number of rotatable bonds is 4. The first kappa shape index (κ1) is 13.3. The maximum absolute atomic E-state index is 12.1. The van der Waals surface area contributed by atoms with Crippen molar-refractivity contribution in [3.63, 3.8) is 0 Å². The van der Waals surface area contributed by atoms with Gasteiger partial charge in [0, 0.05) is 24.7 Å². The normalized spacial score (nSPS) is 10.4. The van der Waals surface area contributed by atoms with Crippen LogP contribution in [0.3, 0.4) is 0 Å². The molecule has 5 heteroatoms. The first-order chi connectivity index (χ1) is 9.26. The van der Waals surface area contributed by atoms with Crippen LogP contribution in [0.4, 0.5) is 10.5 Å². The van der Waals surface area contributed by atoms with Gasteiger partial charge in [-0.15, -0.1) is 0 Å². The Hall–Kier alpha value is -2.14. The molecule has 1 heterocycles. The summed E-state index contributed by atoms with van der Waals surface area (Å²) in [6.45, 7) is 2.69. The van der Waals surface area contributed by atoms with Crippen molar-refractivity contribution in [3.8, 4) is 0 Å². The monoisotopic (exact) mass is 259 g/mol. The van der Waals surface area contributed by atoms with E-state index in [-0.39, 0.29) is 12.6 Å². The second kappa shape index (κ2) is 6.15. The zero-order valence-electron chi connectivity index (χ0n) is 10.8. The Morgan fingerprint density at radius 2 is 2.16 bits per heavy atom. The van der Waals surface area contributed by atoms with E-state index in [9.17, 15) is 4.79 Å². The molecule has 0 unspecified atom stereocenters. The fraction of sp³-hybridized carbons (Fsp3) is 0.286. The molecule has 0 spiro atoms. The number of fused-ring (bicyclic) bond motifs is 1. The molecule has 0 radical (unpaired) electrons. The van der Waals surface area contributed by atoms with Crippen LogP contribution in [0.2, 0.25) is 0 Å². The highest BCUT2D eigenvalue weighted by atomic mass is 16.3. The Bertz CT molecular complexity index is 566. The predicted molar refractivity (Wildman–Crippen MR) is 75.1 cm³/mol. The quantitative estimate of drug-likeness (QED) is 0.883. The molecule has 0 aliphatic rings. The predicted octanol–water partition coefficient (Wildman–Crippen LogP) is 2.08. The average Bonchev–Trinajstić information content (AvgIpc) is 2.45. The van der Waals surface area contributed by atoms with Crippen LogP contribution in [-0.2, 0) is 0 Å². The molecule has 0 atom stereocenters. The van der Waals surface area contributed by atoms with Crippen molar-refractivity contribution < 1.29 is 9.90 Å². The van der Waals surface area contributed by atoms with Crippen molar-refractivity contribution in [1.29, 1.82) is 0 Å². The summed E-state index contributed by atoms with van der Waals surface area (Å²) in [7, 11) is 0. The topological polar surface area (TPSA) is 65.5 Å². The summed E-state index contributed by atoms with van der Waals surface area (Å²) in [6, 6.07) is 9.22. The molecule has 0 bridgehead atoms. The number of aliphatic hydroxyl groups excluding tert-OH is 1. The summed E-state index contributed by atoms with van der Waals surface area (Å²) in [4.78, 5) is 17.9. The average molecular weight is 259 g/mol. The zero-order valence-corrected chi connectivity index (χ0v) is 10.8. The van der Waals surface area contributed by atoms with Gasteiger partial charge in [-0.2, -0.15) is 0 Å². The number of urea groups is 1. The van der Waals surface area contributed by atoms with Crippen molar-refractivity contribution >= 4 is 22.6 Å². The van der Waals surface area contributed by atoms with Crippen molar-refractivity contribution in [2.45, 2.75) is 6.92 Å². The van der Waals surface area contributed by atoms with Gasteiger partial charge in [0.2, 0.25) is 0 Å². The molecule has 1 aromatic heterocycles. The summed E-state index contributed by atoms with van der Waals surface area (Å²) >= 11 is 0. The summed E-state index contributed by atoms with van der Waals surface area (Å²) < 4.78 is 0. The summed E-state index contributed by atoms with van der Waals surface area (Å²) in [5.74, 6) is 0. The van der Waals surface area contributed by atoms with Crippen LogP contribution >= 0.6 is 0 Å². The molecule has 0 fully saturated rings. The zero-order chi connectivity index (χ0) is 13.7. The molecule has 0 aliphatic heterocycles. The third-order valence-electron chi connectivity index (χ3n) is 2.91. The molecular weight excluding hydrogens is 242 g/mol. The highest BCUT2D eigenvalue weighted by molar-refractivity contribution is 5.99. The number of aliphatic hydroxyl groups is 1. The summed E-state index contributed by atoms with van der Waals surface area (Å²) in [6.07, 6.45) is 1.70. The van der Waals surface area contributed by atoms with Gasteiger partial charge in [-0.1, -0.05) is 18.2 Å². The number of likely N-dealkylation sites (N-methyl/N-ethyl adjacent to an activating group) is 1. The number of hydrogen-bond donors (Lipinski definition) is 2. The van der Waals surface area contributed by atoms with Gasteiger partial charge in [-0.25, -0.2) is 4.79 Å². The number of para-hydroxylation sites is 1. The Kier molecular flexibility index (Phi) is 4.30. The molecule has 0 saturated heterocycles. The largest absolute Gasteiger partial charge is 0.395 e. The van der Waals surface area contributed by atoms with Crippen molar-refractivity contribution in [1.82, 2.24) is 9.88 Å². The molecule has 0 aliphatic carbocycles. The molecular formula is C14H17N3O2. The van der Waals surface area contributed by atoms with E-state index in [1.54, 1.807) is 11.1 Å². The van der Waals surface area contributed by atoms with Crippen molar-refractivity contribution in [3.05, 3.63) is 36.5 Å². The molecule has 1 aromatic carbocycles. The minimum Gasteiger partial charge on any atom is -0.395 e. The van der Waals surface area contributed by atoms with Gasteiger partial charge in [-0.3, -0.25) is 4.98 Å². The first-order valence-corrected chi connectivity index (χ1v) is 6.26. The Morgan fingerprint density at radius 3 is 2.89 bits per heavy atom. The molecule has 2 rings (SSSR count). The van der Waals surface area contributed by atoms with Crippen LogP contribution < -0.4 is 5.32 Å². The van der Waals surface area contributed by atoms with Gasteiger partial charge >= 0.3 is 6.03 Å². The molecule has 2 N–H and O–H groups in total. The smallest absolute Gasteiger partial charge is 0.321 e. The molecule has 19 heavy (non-hydrogen) atoms. The molecule has 2 amide bonds. The third-order valence-corrected chi connectivity index (χ3v) is 2.91. The maximum atomic E-state index is 12.1. The number of nitrogens with zero attached hydrogens (tertiary/aromatic N) is 2. The lowest BCUT2D eigenvalue weighted by Gasteiger charge is -2.20. The second-order valence-corrected chi connectivity index (χ2v) is 4.11. The van der Waals surface area contributed by atoms with Crippen molar-refractivity contribution in [2.75, 3.05) is 25.0 Å².